The summed E-state index contributed by atoms with van der Waals surface area (Å²) in [6.45, 7) is 0. The molecule has 1 aliphatic rings. The Morgan fingerprint density at radius 1 is 0.842 bits per heavy atom. The minimum Gasteiger partial charge on any atom is -0.0949 e. The Bertz CT molecular complexity index is 542. The van der Waals surface area contributed by atoms with Crippen molar-refractivity contribution < 1.29 is 0 Å². The summed E-state index contributed by atoms with van der Waals surface area (Å²) in [4.78, 5) is 2.88. The van der Waals surface area contributed by atoms with Gasteiger partial charge in [-0.15, -0.1) is 0 Å². The summed E-state index contributed by atoms with van der Waals surface area (Å²) < 4.78 is 0. The van der Waals surface area contributed by atoms with Crippen LogP contribution in [0.1, 0.15) is 30.7 Å². The van der Waals surface area contributed by atoms with E-state index in [9.17, 15) is 0 Å². The predicted molar refractivity (Wildman–Crippen MR) is 83.4 cm³/mol. The molecular weight excluding hydrogens is 248 g/mol. The molecule has 0 fully saturated rings. The zero-order valence-corrected chi connectivity index (χ0v) is 11.8. The Labute approximate surface area is 119 Å². The molecule has 0 bridgehead atoms. The summed E-state index contributed by atoms with van der Waals surface area (Å²) in [5, 5.41) is 0. The summed E-state index contributed by atoms with van der Waals surface area (Å²) >= 11 is 1.92. The molecule has 19 heavy (non-hydrogen) atoms. The first-order valence-electron chi connectivity index (χ1n) is 6.89. The molecule has 0 radical (unpaired) electrons. The number of hydrogen-bond acceptors (Lipinski definition) is 1. The largest absolute Gasteiger partial charge is 0.0949 e. The van der Waals surface area contributed by atoms with Crippen LogP contribution in [0.15, 0.2) is 76.5 Å². The molecule has 0 saturated heterocycles. The molecule has 3 rings (SSSR count). The summed E-state index contributed by atoms with van der Waals surface area (Å²) in [5.41, 5.74) is 1.49. The van der Waals surface area contributed by atoms with Gasteiger partial charge in [-0.05, 0) is 47.8 Å². The van der Waals surface area contributed by atoms with E-state index in [4.69, 9.17) is 0 Å². The van der Waals surface area contributed by atoms with E-state index in [0.29, 0.717) is 5.92 Å². The van der Waals surface area contributed by atoms with E-state index in [2.05, 4.69) is 66.7 Å². The molecule has 0 N–H and O–H groups in total. The zero-order valence-electron chi connectivity index (χ0n) is 11.0. The highest BCUT2D eigenvalue weighted by Crippen LogP contribution is 2.38. The number of hydrogen-bond donors (Lipinski definition) is 0. The van der Waals surface area contributed by atoms with Gasteiger partial charge in [0.05, 0.1) is 0 Å². The lowest BCUT2D eigenvalue weighted by Crippen LogP contribution is -2.02. The Hall–Kier alpha value is -1.47. The highest BCUT2D eigenvalue weighted by molar-refractivity contribution is 8.03. The number of benzene rings is 2. The molecule has 96 valence electrons. The van der Waals surface area contributed by atoms with Gasteiger partial charge in [-0.1, -0.05) is 66.4 Å². The van der Waals surface area contributed by atoms with Gasteiger partial charge in [0.15, 0.2) is 0 Å². The summed E-state index contributed by atoms with van der Waals surface area (Å²) in [6, 6.07) is 21.6. The Balaban J connectivity index is 1.64. The van der Waals surface area contributed by atoms with Crippen LogP contribution in [0, 0.1) is 0 Å². The third kappa shape index (κ3) is 3.30. The van der Waals surface area contributed by atoms with Crippen molar-refractivity contribution >= 4 is 11.8 Å². The molecule has 0 spiro atoms. The summed E-state index contributed by atoms with van der Waals surface area (Å²) in [5.74, 6) is 0.710. The molecule has 1 heteroatoms. The van der Waals surface area contributed by atoms with Crippen LogP contribution in [0.4, 0.5) is 0 Å². The first kappa shape index (κ1) is 12.6. The molecule has 0 aromatic heterocycles. The van der Waals surface area contributed by atoms with E-state index < -0.39 is 0 Å². The summed E-state index contributed by atoms with van der Waals surface area (Å²) in [6.07, 6.45) is 6.09. The molecule has 1 aliphatic carbocycles. The average Bonchev–Trinajstić information content (AvgIpc) is 2.50. The van der Waals surface area contributed by atoms with E-state index in [-0.39, 0.29) is 0 Å². The van der Waals surface area contributed by atoms with Crippen molar-refractivity contribution in [3.05, 3.63) is 77.2 Å². The third-order valence-electron chi connectivity index (χ3n) is 3.63. The molecule has 0 saturated carbocycles. The zero-order chi connectivity index (χ0) is 12.9. The van der Waals surface area contributed by atoms with Crippen LogP contribution in [-0.2, 0) is 0 Å². The number of rotatable bonds is 3. The van der Waals surface area contributed by atoms with Crippen molar-refractivity contribution in [2.45, 2.75) is 30.1 Å². The minimum atomic E-state index is 0.710. The van der Waals surface area contributed by atoms with Crippen LogP contribution in [-0.4, -0.2) is 0 Å². The number of thioether (sulfide) groups is 1. The fourth-order valence-corrected chi connectivity index (χ4v) is 3.57. The SMILES string of the molecule is C1=C(Sc2ccccc2)CCC(c2ccccc2)C1. The van der Waals surface area contributed by atoms with Crippen molar-refractivity contribution in [2.75, 3.05) is 0 Å². The molecule has 1 atom stereocenters. The van der Waals surface area contributed by atoms with Gasteiger partial charge in [-0.2, -0.15) is 0 Å². The van der Waals surface area contributed by atoms with Crippen LogP contribution >= 0.6 is 11.8 Å². The van der Waals surface area contributed by atoms with Gasteiger partial charge in [0.25, 0.3) is 0 Å². The first-order chi connectivity index (χ1) is 9.42. The van der Waals surface area contributed by atoms with Gasteiger partial charge in [0.1, 0.15) is 0 Å². The maximum Gasteiger partial charge on any atom is 0.0118 e. The molecule has 0 amide bonds. The Morgan fingerprint density at radius 3 is 2.16 bits per heavy atom. The lowest BCUT2D eigenvalue weighted by molar-refractivity contribution is 0.612. The molecule has 0 aliphatic heterocycles. The maximum absolute atomic E-state index is 2.43. The molecule has 0 heterocycles. The molecule has 1 unspecified atom stereocenters. The first-order valence-corrected chi connectivity index (χ1v) is 7.70. The van der Waals surface area contributed by atoms with E-state index in [1.165, 1.54) is 34.6 Å². The molecule has 0 nitrogen and oxygen atoms in total. The van der Waals surface area contributed by atoms with E-state index >= 15 is 0 Å². The predicted octanol–water partition coefficient (Wildman–Crippen LogP) is 5.63. The lowest BCUT2D eigenvalue weighted by atomic mass is 9.88. The normalized spacial score (nSPS) is 18.9. The van der Waals surface area contributed by atoms with Crippen LogP contribution in [0.25, 0.3) is 0 Å². The van der Waals surface area contributed by atoms with Crippen molar-refractivity contribution in [3.8, 4) is 0 Å². The smallest absolute Gasteiger partial charge is 0.0118 e. The second-order valence-corrected chi connectivity index (χ2v) is 6.17. The van der Waals surface area contributed by atoms with Gasteiger partial charge in [-0.25, -0.2) is 0 Å². The van der Waals surface area contributed by atoms with Gasteiger partial charge in [0.2, 0.25) is 0 Å². The van der Waals surface area contributed by atoms with Crippen LogP contribution in [0.2, 0.25) is 0 Å². The van der Waals surface area contributed by atoms with Crippen LogP contribution < -0.4 is 0 Å². The third-order valence-corrected chi connectivity index (χ3v) is 4.77. The maximum atomic E-state index is 2.43. The lowest BCUT2D eigenvalue weighted by Gasteiger charge is -2.22. The molecular formula is C18H18S. The van der Waals surface area contributed by atoms with E-state index in [1.807, 2.05) is 11.8 Å². The fourth-order valence-electron chi connectivity index (χ4n) is 2.57. The second kappa shape index (κ2) is 6.12. The van der Waals surface area contributed by atoms with Crippen LogP contribution in [0.3, 0.4) is 0 Å². The van der Waals surface area contributed by atoms with Crippen molar-refractivity contribution in [3.63, 3.8) is 0 Å². The quantitative estimate of drug-likeness (QED) is 0.693. The highest BCUT2D eigenvalue weighted by Gasteiger charge is 2.16. The average molecular weight is 266 g/mol. The highest BCUT2D eigenvalue weighted by atomic mass is 32.2. The van der Waals surface area contributed by atoms with Gasteiger partial charge in [0, 0.05) is 4.90 Å². The molecule has 2 aromatic rings. The Kier molecular flexibility index (Phi) is 4.04. The van der Waals surface area contributed by atoms with E-state index in [1.54, 1.807) is 0 Å². The van der Waals surface area contributed by atoms with Crippen LogP contribution in [0.5, 0.6) is 0 Å². The van der Waals surface area contributed by atoms with Crippen molar-refractivity contribution in [2.24, 2.45) is 0 Å². The number of allylic oxidation sites excluding steroid dienone is 2. The van der Waals surface area contributed by atoms with Crippen molar-refractivity contribution in [1.82, 2.24) is 0 Å². The van der Waals surface area contributed by atoms with E-state index in [0.717, 1.165) is 0 Å². The van der Waals surface area contributed by atoms with Gasteiger partial charge >= 0.3 is 0 Å². The standard InChI is InChI=1S/C18H18S/c1-3-7-15(8-4-1)16-11-13-18(14-12-16)19-17-9-5-2-6-10-17/h1-10,13,16H,11-12,14H2. The van der Waals surface area contributed by atoms with Crippen molar-refractivity contribution in [1.29, 1.82) is 0 Å². The minimum absolute atomic E-state index is 0.710. The topological polar surface area (TPSA) is 0 Å². The summed E-state index contributed by atoms with van der Waals surface area (Å²) in [7, 11) is 0. The van der Waals surface area contributed by atoms with Gasteiger partial charge in [-0.3, -0.25) is 0 Å². The van der Waals surface area contributed by atoms with Gasteiger partial charge < -0.3 is 0 Å². The Morgan fingerprint density at radius 2 is 1.53 bits per heavy atom. The monoisotopic (exact) mass is 266 g/mol. The molecule has 2 aromatic carbocycles. The fraction of sp³-hybridized carbons (Fsp3) is 0.222. The second-order valence-electron chi connectivity index (χ2n) is 4.97.